The van der Waals surface area contributed by atoms with Crippen LogP contribution in [0.15, 0.2) is 41.2 Å². The first kappa shape index (κ1) is 17.8. The van der Waals surface area contributed by atoms with Crippen LogP contribution in [0, 0.1) is 0 Å². The van der Waals surface area contributed by atoms with Crippen LogP contribution in [-0.2, 0) is 16.8 Å². The van der Waals surface area contributed by atoms with Crippen molar-refractivity contribution in [3.8, 4) is 11.1 Å². The second kappa shape index (κ2) is 6.26. The average Bonchev–Trinajstić information content (AvgIpc) is 2.97. The number of aryl methyl sites for hydroxylation is 1. The lowest BCUT2D eigenvalue weighted by Gasteiger charge is -2.23. The van der Waals surface area contributed by atoms with Crippen LogP contribution in [0.25, 0.3) is 22.2 Å². The molecule has 1 saturated heterocycles. The normalized spacial score (nSPS) is 18.5. The summed E-state index contributed by atoms with van der Waals surface area (Å²) in [6.45, 7) is 0. The highest BCUT2D eigenvalue weighted by atomic mass is 32.2. The quantitative estimate of drug-likeness (QED) is 0.721. The lowest BCUT2D eigenvalue weighted by molar-refractivity contribution is -0.00780. The lowest BCUT2D eigenvalue weighted by atomic mass is 10.1. The smallest absolute Gasteiger partial charge is 0.250 e. The molecule has 142 valence electrons. The molecule has 0 aliphatic carbocycles. The van der Waals surface area contributed by atoms with Gasteiger partial charge in [0.1, 0.15) is 17.8 Å². The van der Waals surface area contributed by atoms with Crippen molar-refractivity contribution in [3.05, 3.63) is 36.8 Å². The molecule has 0 spiro atoms. The molecule has 0 atom stereocenters. The average molecular weight is 391 g/mol. The number of nitrogen functional groups attached to an aromatic ring is 1. The van der Waals surface area contributed by atoms with Crippen LogP contribution in [0.1, 0.15) is 12.8 Å². The highest BCUT2D eigenvalue weighted by Crippen LogP contribution is 2.34. The molecular weight excluding hydrogens is 372 g/mol. The van der Waals surface area contributed by atoms with Crippen LogP contribution in [0.5, 0.6) is 0 Å². The monoisotopic (exact) mass is 391 g/mol. The van der Waals surface area contributed by atoms with Gasteiger partial charge in [0.25, 0.3) is 0 Å². The summed E-state index contributed by atoms with van der Waals surface area (Å²) in [4.78, 5) is 8.32. The molecule has 0 amide bonds. The third-order valence-electron chi connectivity index (χ3n) is 4.81. The maximum absolute atomic E-state index is 13.3. The van der Waals surface area contributed by atoms with Gasteiger partial charge in [-0.05, 0) is 17.7 Å². The third kappa shape index (κ3) is 3.39. The highest BCUT2D eigenvalue weighted by molar-refractivity contribution is 7.93. The van der Waals surface area contributed by atoms with Gasteiger partial charge in [-0.1, -0.05) is 12.1 Å². The Morgan fingerprint density at radius 3 is 2.52 bits per heavy atom. The number of benzene rings is 1. The van der Waals surface area contributed by atoms with Crippen molar-refractivity contribution >= 4 is 32.3 Å². The molecule has 1 aliphatic heterocycles. The Kier molecular flexibility index (Phi) is 4.14. The van der Waals surface area contributed by atoms with E-state index in [0.29, 0.717) is 11.5 Å². The number of anilines is 1. The minimum absolute atomic E-state index is 0.0705. The van der Waals surface area contributed by atoms with Gasteiger partial charge in [0.2, 0.25) is 5.92 Å². The van der Waals surface area contributed by atoms with E-state index in [1.807, 2.05) is 29.9 Å². The summed E-state index contributed by atoms with van der Waals surface area (Å²) in [5, 5.41) is 0.769. The molecule has 9 heteroatoms. The van der Waals surface area contributed by atoms with Crippen LogP contribution < -0.4 is 5.73 Å². The van der Waals surface area contributed by atoms with Crippen LogP contribution >= 0.6 is 0 Å². The largest absolute Gasteiger partial charge is 0.383 e. The maximum Gasteiger partial charge on any atom is 0.250 e. The predicted octanol–water partition coefficient (Wildman–Crippen LogP) is 3.75. The van der Waals surface area contributed by atoms with Gasteiger partial charge < -0.3 is 10.3 Å². The molecule has 4 rings (SSSR count). The highest BCUT2D eigenvalue weighted by Gasteiger charge is 2.36. The van der Waals surface area contributed by atoms with E-state index >= 15 is 0 Å². The number of fused-ring (bicyclic) bond motifs is 1. The number of aromatic nitrogens is 3. The molecule has 3 aromatic rings. The van der Waals surface area contributed by atoms with E-state index in [1.54, 1.807) is 12.1 Å². The molecule has 1 fully saturated rings. The third-order valence-corrected chi connectivity index (χ3v) is 7.03. The second-order valence-electron chi connectivity index (χ2n) is 6.79. The van der Waals surface area contributed by atoms with E-state index < -0.39 is 15.7 Å². The molecule has 27 heavy (non-hydrogen) atoms. The van der Waals surface area contributed by atoms with Gasteiger partial charge in [0.15, 0.2) is 0 Å². The van der Waals surface area contributed by atoms with Gasteiger partial charge in [-0.3, -0.25) is 0 Å². The van der Waals surface area contributed by atoms with E-state index in [2.05, 4.69) is 14.3 Å². The number of hydrogen-bond acceptors (Lipinski definition) is 5. The minimum Gasteiger partial charge on any atom is -0.383 e. The molecule has 1 aliphatic rings. The van der Waals surface area contributed by atoms with E-state index in [9.17, 15) is 13.0 Å². The van der Waals surface area contributed by atoms with E-state index in [1.165, 1.54) is 6.33 Å². The molecular formula is C18H19F2N5OS. The minimum atomic E-state index is -2.73. The molecule has 0 saturated carbocycles. The van der Waals surface area contributed by atoms with Gasteiger partial charge in [0, 0.05) is 43.2 Å². The fourth-order valence-electron chi connectivity index (χ4n) is 3.28. The molecule has 6 nitrogen and oxygen atoms in total. The van der Waals surface area contributed by atoms with Crippen molar-refractivity contribution in [1.29, 1.82) is 0 Å². The van der Waals surface area contributed by atoms with Crippen molar-refractivity contribution in [3.63, 3.8) is 0 Å². The van der Waals surface area contributed by atoms with Gasteiger partial charge in [-0.25, -0.2) is 23.0 Å². The zero-order valence-electron chi connectivity index (χ0n) is 14.7. The molecule has 0 bridgehead atoms. The summed E-state index contributed by atoms with van der Waals surface area (Å²) < 4.78 is 45.5. The van der Waals surface area contributed by atoms with Gasteiger partial charge in [0.05, 0.1) is 20.8 Å². The molecule has 0 radical (unpaired) electrons. The number of alkyl halides is 2. The van der Waals surface area contributed by atoms with Crippen molar-refractivity contribution in [1.82, 2.24) is 14.5 Å². The Bertz CT molecular complexity index is 1110. The SMILES string of the molecule is Cn1cc(-c2ccc(N=S3(=O)CCC(F)(F)CC3)cc2)c2c(N)ncnc21. The molecule has 2 aromatic heterocycles. The Morgan fingerprint density at radius 1 is 1.19 bits per heavy atom. The Balaban J connectivity index is 1.68. The zero-order chi connectivity index (χ0) is 19.2. The first-order chi connectivity index (χ1) is 12.8. The first-order valence-electron chi connectivity index (χ1n) is 8.53. The number of hydrogen-bond donors (Lipinski definition) is 1. The lowest BCUT2D eigenvalue weighted by Crippen LogP contribution is -2.31. The van der Waals surface area contributed by atoms with Crippen molar-refractivity contribution in [2.75, 3.05) is 17.2 Å². The number of nitrogens with zero attached hydrogens (tertiary/aromatic N) is 4. The molecule has 0 unspecified atom stereocenters. The number of nitrogens with two attached hydrogens (primary N) is 1. The fourth-order valence-corrected chi connectivity index (χ4v) is 5.41. The van der Waals surface area contributed by atoms with Gasteiger partial charge >= 0.3 is 0 Å². The zero-order valence-corrected chi connectivity index (χ0v) is 15.5. The Morgan fingerprint density at radius 2 is 1.85 bits per heavy atom. The van der Waals surface area contributed by atoms with E-state index in [0.717, 1.165) is 22.2 Å². The molecule has 2 N–H and O–H groups in total. The van der Waals surface area contributed by atoms with E-state index in [4.69, 9.17) is 5.73 Å². The summed E-state index contributed by atoms with van der Waals surface area (Å²) >= 11 is 0. The van der Waals surface area contributed by atoms with Crippen LogP contribution in [0.2, 0.25) is 0 Å². The van der Waals surface area contributed by atoms with Crippen molar-refractivity contribution in [2.45, 2.75) is 18.8 Å². The summed E-state index contributed by atoms with van der Waals surface area (Å²) in [6.07, 6.45) is 2.60. The molecule has 3 heterocycles. The fraction of sp³-hybridized carbons (Fsp3) is 0.333. The van der Waals surface area contributed by atoms with Crippen LogP contribution in [0.3, 0.4) is 0 Å². The second-order valence-corrected chi connectivity index (χ2v) is 9.33. The predicted molar refractivity (Wildman–Crippen MR) is 103 cm³/mol. The van der Waals surface area contributed by atoms with Crippen molar-refractivity contribution < 1.29 is 13.0 Å². The van der Waals surface area contributed by atoms with Gasteiger partial charge in [-0.2, -0.15) is 4.36 Å². The topological polar surface area (TPSA) is 86.2 Å². The summed E-state index contributed by atoms with van der Waals surface area (Å²) in [5.41, 5.74) is 9.06. The standard InChI is InChI=1S/C18H19F2N5OS/c1-25-10-14(15-16(21)22-11-23-17(15)25)12-2-4-13(5-3-12)24-27(26)8-6-18(19,20)7-9-27/h2-5,10-11H,6-9H2,1H3,(H2,21,22,23). The molecule has 1 aromatic carbocycles. The first-order valence-corrected chi connectivity index (χ1v) is 10.4. The van der Waals surface area contributed by atoms with Crippen LogP contribution in [-0.4, -0.2) is 36.2 Å². The number of rotatable bonds is 2. The maximum atomic E-state index is 13.3. The summed E-state index contributed by atoms with van der Waals surface area (Å²) in [5.74, 6) is -2.47. The van der Waals surface area contributed by atoms with Crippen molar-refractivity contribution in [2.24, 2.45) is 11.4 Å². The van der Waals surface area contributed by atoms with Crippen LogP contribution in [0.4, 0.5) is 20.3 Å². The summed E-state index contributed by atoms with van der Waals surface area (Å²) in [7, 11) is -0.748. The Labute approximate surface area is 155 Å². The van der Waals surface area contributed by atoms with E-state index in [-0.39, 0.29) is 24.3 Å². The Hall–Kier alpha value is -2.55. The number of halogens is 2. The summed E-state index contributed by atoms with van der Waals surface area (Å²) in [6, 6.07) is 7.18. The van der Waals surface area contributed by atoms with Gasteiger partial charge in [-0.15, -0.1) is 0 Å².